The first-order valence-corrected chi connectivity index (χ1v) is 5.36. The number of hydrogen-bond donors (Lipinski definition) is 2. The molecular weight excluding hydrogens is 174 g/mol. The molecule has 1 saturated carbocycles. The van der Waals surface area contributed by atoms with Gasteiger partial charge in [0.2, 0.25) is 0 Å². The van der Waals surface area contributed by atoms with E-state index < -0.39 is 11.5 Å². The molecule has 0 spiro atoms. The van der Waals surface area contributed by atoms with Crippen LogP contribution in [0.2, 0.25) is 0 Å². The third-order valence-corrected chi connectivity index (χ3v) is 3.34. The monoisotopic (exact) mass is 189 g/mol. The van der Waals surface area contributed by atoms with Crippen LogP contribution >= 0.6 is 11.8 Å². The van der Waals surface area contributed by atoms with Crippen molar-refractivity contribution in [3.05, 3.63) is 0 Å². The highest BCUT2D eigenvalue weighted by Crippen LogP contribution is 2.39. The molecule has 70 valence electrons. The van der Waals surface area contributed by atoms with Crippen molar-refractivity contribution in [2.45, 2.75) is 25.3 Å². The fourth-order valence-corrected chi connectivity index (χ4v) is 2.12. The molecule has 1 unspecified atom stereocenters. The second-order valence-electron chi connectivity index (χ2n) is 3.26. The van der Waals surface area contributed by atoms with Gasteiger partial charge in [0.1, 0.15) is 5.54 Å². The van der Waals surface area contributed by atoms with Crippen LogP contribution in [0.4, 0.5) is 0 Å². The number of nitrogens with two attached hydrogens (primary N) is 1. The smallest absolute Gasteiger partial charge is 0.324 e. The summed E-state index contributed by atoms with van der Waals surface area (Å²) in [5.74, 6) is 0.850. The Labute approximate surface area is 76.7 Å². The van der Waals surface area contributed by atoms with Crippen LogP contribution in [0.5, 0.6) is 0 Å². The number of carbonyl (C=O) groups is 1. The van der Waals surface area contributed by atoms with Crippen molar-refractivity contribution in [1.82, 2.24) is 0 Å². The Morgan fingerprint density at radius 2 is 2.33 bits per heavy atom. The van der Waals surface area contributed by atoms with Crippen LogP contribution in [0, 0.1) is 5.92 Å². The summed E-state index contributed by atoms with van der Waals surface area (Å²) in [6.07, 6.45) is 1.96. The number of thioether (sulfide) groups is 1. The van der Waals surface area contributed by atoms with Crippen molar-refractivity contribution >= 4 is 17.7 Å². The summed E-state index contributed by atoms with van der Waals surface area (Å²) in [4.78, 5) is 10.9. The molecule has 0 saturated heterocycles. The molecule has 12 heavy (non-hydrogen) atoms. The molecule has 0 heterocycles. The Hall–Kier alpha value is -0.220. The summed E-state index contributed by atoms with van der Waals surface area (Å²) in [5, 5.41) is 8.93. The van der Waals surface area contributed by atoms with E-state index in [-0.39, 0.29) is 5.92 Å². The normalized spacial score (nSPS) is 21.8. The Morgan fingerprint density at radius 3 is 2.67 bits per heavy atom. The van der Waals surface area contributed by atoms with E-state index in [0.29, 0.717) is 5.75 Å². The Balaban J connectivity index is 2.52. The number of hydrogen-bond acceptors (Lipinski definition) is 3. The van der Waals surface area contributed by atoms with Gasteiger partial charge in [0.05, 0.1) is 0 Å². The molecule has 0 aliphatic heterocycles. The Morgan fingerprint density at radius 1 is 1.75 bits per heavy atom. The molecule has 0 amide bonds. The number of carboxylic acid groups (broad SMARTS) is 1. The first kappa shape index (κ1) is 9.86. The molecule has 1 fully saturated rings. The van der Waals surface area contributed by atoms with Crippen LogP contribution in [0.3, 0.4) is 0 Å². The predicted molar refractivity (Wildman–Crippen MR) is 50.3 cm³/mol. The first-order valence-electron chi connectivity index (χ1n) is 4.21. The highest BCUT2D eigenvalue weighted by Gasteiger charge is 2.47. The second-order valence-corrected chi connectivity index (χ2v) is 4.53. The molecule has 0 bridgehead atoms. The molecule has 0 radical (unpaired) electrons. The molecule has 3 nitrogen and oxygen atoms in total. The Kier molecular flexibility index (Phi) is 3.01. The van der Waals surface area contributed by atoms with Crippen molar-refractivity contribution in [2.24, 2.45) is 11.7 Å². The van der Waals surface area contributed by atoms with E-state index >= 15 is 0 Å². The van der Waals surface area contributed by atoms with Crippen LogP contribution in [0.15, 0.2) is 0 Å². The quantitative estimate of drug-likeness (QED) is 0.675. The maximum atomic E-state index is 10.9. The van der Waals surface area contributed by atoms with Crippen LogP contribution in [0.1, 0.15) is 19.8 Å². The number of aliphatic carboxylic acids is 1. The van der Waals surface area contributed by atoms with Gasteiger partial charge in [-0.25, -0.2) is 0 Å². The number of carboxylic acids is 1. The molecular formula is C8H15NO2S. The van der Waals surface area contributed by atoms with Gasteiger partial charge < -0.3 is 10.8 Å². The lowest BCUT2D eigenvalue weighted by atomic mass is 9.98. The average molecular weight is 189 g/mol. The van der Waals surface area contributed by atoms with E-state index in [4.69, 9.17) is 10.8 Å². The van der Waals surface area contributed by atoms with Crippen LogP contribution in [-0.4, -0.2) is 28.1 Å². The van der Waals surface area contributed by atoms with Gasteiger partial charge in [-0.05, 0) is 24.5 Å². The predicted octanol–water partition coefficient (Wildman–Crippen LogP) is 0.932. The van der Waals surface area contributed by atoms with E-state index in [1.807, 2.05) is 6.92 Å². The van der Waals surface area contributed by atoms with Gasteiger partial charge in [-0.2, -0.15) is 11.8 Å². The third kappa shape index (κ3) is 1.93. The van der Waals surface area contributed by atoms with Gasteiger partial charge in [-0.15, -0.1) is 0 Å². The van der Waals surface area contributed by atoms with Crippen LogP contribution in [0.25, 0.3) is 0 Å². The molecule has 4 heteroatoms. The summed E-state index contributed by atoms with van der Waals surface area (Å²) in [6, 6.07) is 0. The van der Waals surface area contributed by atoms with Gasteiger partial charge in [-0.3, -0.25) is 4.79 Å². The Bertz CT molecular complexity index is 182. The zero-order chi connectivity index (χ0) is 9.19. The summed E-state index contributed by atoms with van der Waals surface area (Å²) >= 11 is 1.61. The summed E-state index contributed by atoms with van der Waals surface area (Å²) in [7, 11) is 0. The number of rotatable bonds is 5. The second kappa shape index (κ2) is 3.66. The van der Waals surface area contributed by atoms with Gasteiger partial charge in [0.25, 0.3) is 0 Å². The van der Waals surface area contributed by atoms with E-state index in [9.17, 15) is 4.79 Å². The van der Waals surface area contributed by atoms with Gasteiger partial charge in [0, 0.05) is 5.75 Å². The van der Waals surface area contributed by atoms with Gasteiger partial charge >= 0.3 is 5.97 Å². The van der Waals surface area contributed by atoms with Crippen molar-refractivity contribution in [1.29, 1.82) is 0 Å². The van der Waals surface area contributed by atoms with Crippen molar-refractivity contribution < 1.29 is 9.90 Å². The maximum Gasteiger partial charge on any atom is 0.324 e. The summed E-state index contributed by atoms with van der Waals surface area (Å²) in [5.41, 5.74) is 4.85. The molecule has 1 rings (SSSR count). The lowest BCUT2D eigenvalue weighted by Gasteiger charge is -2.23. The van der Waals surface area contributed by atoms with E-state index in [2.05, 4.69) is 0 Å². The molecule has 0 aromatic rings. The largest absolute Gasteiger partial charge is 0.480 e. The van der Waals surface area contributed by atoms with E-state index in [1.54, 1.807) is 11.8 Å². The zero-order valence-corrected chi connectivity index (χ0v) is 8.06. The van der Waals surface area contributed by atoms with E-state index in [0.717, 1.165) is 18.6 Å². The lowest BCUT2D eigenvalue weighted by molar-refractivity contribution is -0.143. The van der Waals surface area contributed by atoms with E-state index in [1.165, 1.54) is 0 Å². The minimum absolute atomic E-state index is 0.217. The molecule has 1 atom stereocenters. The minimum Gasteiger partial charge on any atom is -0.480 e. The zero-order valence-electron chi connectivity index (χ0n) is 7.25. The standard InChI is InChI=1S/C8H15NO2S/c1-2-12-5-8(9,7(10)11)6-3-4-6/h6H,2-5,9H2,1H3,(H,10,11). The molecule has 1 aliphatic carbocycles. The van der Waals surface area contributed by atoms with Gasteiger partial charge in [0.15, 0.2) is 0 Å². The van der Waals surface area contributed by atoms with Crippen molar-refractivity contribution in [3.63, 3.8) is 0 Å². The van der Waals surface area contributed by atoms with Crippen molar-refractivity contribution in [3.8, 4) is 0 Å². The SMILES string of the molecule is CCSCC(N)(C(=O)O)C1CC1. The molecule has 0 aromatic carbocycles. The van der Waals surface area contributed by atoms with Gasteiger partial charge in [-0.1, -0.05) is 6.92 Å². The lowest BCUT2D eigenvalue weighted by Crippen LogP contribution is -2.52. The summed E-state index contributed by atoms with van der Waals surface area (Å²) < 4.78 is 0. The van der Waals surface area contributed by atoms with Crippen molar-refractivity contribution in [2.75, 3.05) is 11.5 Å². The maximum absolute atomic E-state index is 10.9. The summed E-state index contributed by atoms with van der Waals surface area (Å²) in [6.45, 7) is 2.01. The molecule has 3 N–H and O–H groups in total. The third-order valence-electron chi connectivity index (χ3n) is 2.25. The van der Waals surface area contributed by atoms with Crippen LogP contribution < -0.4 is 5.73 Å². The highest BCUT2D eigenvalue weighted by molar-refractivity contribution is 7.99. The molecule has 0 aromatic heterocycles. The van der Waals surface area contributed by atoms with Crippen LogP contribution in [-0.2, 0) is 4.79 Å². The minimum atomic E-state index is -0.958. The molecule has 1 aliphatic rings. The average Bonchev–Trinajstić information content (AvgIpc) is 2.82. The highest BCUT2D eigenvalue weighted by atomic mass is 32.2. The topological polar surface area (TPSA) is 63.3 Å². The first-order chi connectivity index (χ1) is 5.61. The fraction of sp³-hybridized carbons (Fsp3) is 0.875. The fourth-order valence-electron chi connectivity index (χ4n) is 1.22.